The van der Waals surface area contributed by atoms with Crippen molar-refractivity contribution in [3.05, 3.63) is 117 Å². The van der Waals surface area contributed by atoms with Crippen LogP contribution < -0.4 is 19.8 Å². The topological polar surface area (TPSA) is 109 Å². The molecule has 0 saturated heterocycles. The summed E-state index contributed by atoms with van der Waals surface area (Å²) in [7, 11) is 1.39. The lowest BCUT2D eigenvalue weighted by molar-refractivity contribution is -0.132. The highest BCUT2D eigenvalue weighted by Crippen LogP contribution is 2.29. The number of methoxy groups -OCH3 is 1. The van der Waals surface area contributed by atoms with Crippen molar-refractivity contribution >= 4 is 40.7 Å². The number of benzene rings is 4. The van der Waals surface area contributed by atoms with Crippen molar-refractivity contribution in [2.24, 2.45) is 5.10 Å². The molecule has 0 fully saturated rings. The first-order valence-electron chi connectivity index (χ1n) is 12.3. The molecule has 0 aliphatic rings. The number of aromatic nitrogens is 2. The van der Waals surface area contributed by atoms with Gasteiger partial charge in [-0.1, -0.05) is 54.1 Å². The number of ether oxygens (including phenoxy) is 3. The Kier molecular flexibility index (Phi) is 7.89. The van der Waals surface area contributed by atoms with E-state index in [2.05, 4.69) is 10.1 Å². The molecule has 0 atom stereocenters. The smallest absolute Gasteiger partial charge is 0.343 e. The van der Waals surface area contributed by atoms with E-state index in [1.807, 2.05) is 36.4 Å². The van der Waals surface area contributed by atoms with Crippen LogP contribution in [0.1, 0.15) is 22.8 Å². The van der Waals surface area contributed by atoms with Gasteiger partial charge < -0.3 is 14.2 Å². The Hall–Kier alpha value is -5.28. The molecular weight excluding hydrogens is 546 g/mol. The van der Waals surface area contributed by atoms with Crippen LogP contribution in [0.2, 0.25) is 5.02 Å². The fraction of sp³-hybridized carbons (Fsp3) is 0.0645. The van der Waals surface area contributed by atoms with E-state index >= 15 is 0 Å². The highest BCUT2D eigenvalue weighted by molar-refractivity contribution is 6.31. The van der Waals surface area contributed by atoms with Crippen LogP contribution in [-0.4, -0.2) is 34.9 Å². The predicted molar refractivity (Wildman–Crippen MR) is 155 cm³/mol. The zero-order valence-electron chi connectivity index (χ0n) is 21.9. The molecule has 5 aromatic rings. The largest absolute Gasteiger partial charge is 0.493 e. The monoisotopic (exact) mass is 567 g/mol. The number of carbonyl (C=O) groups is 2. The summed E-state index contributed by atoms with van der Waals surface area (Å²) >= 11 is 6.25. The van der Waals surface area contributed by atoms with E-state index in [0.717, 1.165) is 0 Å². The second kappa shape index (κ2) is 11.8. The minimum atomic E-state index is -0.704. The van der Waals surface area contributed by atoms with Gasteiger partial charge in [0.2, 0.25) is 0 Å². The van der Waals surface area contributed by atoms with Crippen molar-refractivity contribution in [3.63, 3.8) is 0 Å². The number of esters is 2. The van der Waals surface area contributed by atoms with E-state index in [1.165, 1.54) is 49.2 Å². The van der Waals surface area contributed by atoms with Gasteiger partial charge >= 0.3 is 11.9 Å². The average molecular weight is 568 g/mol. The summed E-state index contributed by atoms with van der Waals surface area (Å²) in [4.78, 5) is 42.5. The number of para-hydroxylation sites is 1. The van der Waals surface area contributed by atoms with Crippen molar-refractivity contribution in [1.82, 2.24) is 9.66 Å². The number of halogens is 1. The van der Waals surface area contributed by atoms with E-state index in [9.17, 15) is 14.4 Å². The summed E-state index contributed by atoms with van der Waals surface area (Å²) in [5, 5.41) is 5.21. The molecule has 0 unspecified atom stereocenters. The number of nitrogens with zero attached hydrogens (tertiary/aromatic N) is 3. The summed E-state index contributed by atoms with van der Waals surface area (Å²) in [6, 6.07) is 25.1. The normalized spacial score (nSPS) is 11.0. The van der Waals surface area contributed by atoms with Gasteiger partial charge in [0.15, 0.2) is 17.3 Å². The van der Waals surface area contributed by atoms with Crippen LogP contribution in [0, 0.1) is 0 Å². The first kappa shape index (κ1) is 27.3. The van der Waals surface area contributed by atoms with E-state index in [1.54, 1.807) is 30.3 Å². The standard InChI is InChI=1S/C31H22ClN3O6/c1-19(36)40-27-14-12-21(17-28(27)39-2)31(38)41-26-15-13-23(32)16-22(26)18-33-35-29(20-8-4-3-5-9-20)34-25-11-7-6-10-24(25)30(35)37/h3-18H,1-2H3. The second-order valence-corrected chi connectivity index (χ2v) is 9.15. The third-order valence-corrected chi connectivity index (χ3v) is 6.16. The maximum atomic E-state index is 13.5. The molecule has 0 bridgehead atoms. The number of rotatable bonds is 7. The summed E-state index contributed by atoms with van der Waals surface area (Å²) < 4.78 is 17.2. The summed E-state index contributed by atoms with van der Waals surface area (Å²) in [5.74, 6) is -0.395. The van der Waals surface area contributed by atoms with E-state index in [0.29, 0.717) is 32.9 Å². The van der Waals surface area contributed by atoms with Crippen LogP contribution in [0.25, 0.3) is 22.3 Å². The molecule has 0 spiro atoms. The predicted octanol–water partition coefficient (Wildman–Crippen LogP) is 5.75. The molecule has 1 heterocycles. The molecule has 0 aliphatic carbocycles. The first-order chi connectivity index (χ1) is 19.8. The maximum absolute atomic E-state index is 13.5. The molecule has 9 nitrogen and oxygen atoms in total. The third kappa shape index (κ3) is 6.00. The lowest BCUT2D eigenvalue weighted by Crippen LogP contribution is -2.20. The molecule has 41 heavy (non-hydrogen) atoms. The minimum absolute atomic E-state index is 0.147. The molecule has 1 aromatic heterocycles. The van der Waals surface area contributed by atoms with Gasteiger partial charge in [-0.3, -0.25) is 9.59 Å². The van der Waals surface area contributed by atoms with Gasteiger partial charge in [-0.05, 0) is 48.5 Å². The van der Waals surface area contributed by atoms with Crippen LogP contribution >= 0.6 is 11.6 Å². The molecule has 5 rings (SSSR count). The van der Waals surface area contributed by atoms with E-state index in [-0.39, 0.29) is 28.4 Å². The van der Waals surface area contributed by atoms with Gasteiger partial charge in [-0.15, -0.1) is 0 Å². The summed E-state index contributed by atoms with van der Waals surface area (Å²) in [6.07, 6.45) is 1.38. The Bertz CT molecular complexity index is 1870. The molecule has 0 radical (unpaired) electrons. The molecule has 0 amide bonds. The van der Waals surface area contributed by atoms with Gasteiger partial charge in [0.25, 0.3) is 5.56 Å². The Morgan fingerprint density at radius 3 is 2.37 bits per heavy atom. The van der Waals surface area contributed by atoms with Crippen molar-refractivity contribution in [2.75, 3.05) is 7.11 Å². The number of fused-ring (bicyclic) bond motifs is 1. The highest BCUT2D eigenvalue weighted by atomic mass is 35.5. The Morgan fingerprint density at radius 1 is 0.878 bits per heavy atom. The van der Waals surface area contributed by atoms with Crippen LogP contribution in [-0.2, 0) is 4.79 Å². The molecule has 204 valence electrons. The van der Waals surface area contributed by atoms with E-state index < -0.39 is 11.9 Å². The SMILES string of the molecule is COc1cc(C(=O)Oc2ccc(Cl)cc2C=Nn2c(-c3ccccc3)nc3ccccc3c2=O)ccc1OC(C)=O. The van der Waals surface area contributed by atoms with Crippen LogP contribution in [0.15, 0.2) is 101 Å². The lowest BCUT2D eigenvalue weighted by Gasteiger charge is -2.12. The molecule has 10 heteroatoms. The minimum Gasteiger partial charge on any atom is -0.493 e. The van der Waals surface area contributed by atoms with Gasteiger partial charge in [0.1, 0.15) is 5.75 Å². The van der Waals surface area contributed by atoms with Crippen LogP contribution in [0.5, 0.6) is 17.2 Å². The molecule has 0 aliphatic heterocycles. The summed E-state index contributed by atoms with van der Waals surface area (Å²) in [6.45, 7) is 1.26. The quantitative estimate of drug-likeness (QED) is 0.140. The zero-order valence-corrected chi connectivity index (χ0v) is 22.7. The van der Waals surface area contributed by atoms with Crippen molar-refractivity contribution in [3.8, 4) is 28.6 Å². The van der Waals surface area contributed by atoms with Gasteiger partial charge in [0, 0.05) is 23.1 Å². The number of hydrogen-bond donors (Lipinski definition) is 0. The highest BCUT2D eigenvalue weighted by Gasteiger charge is 2.17. The van der Waals surface area contributed by atoms with Crippen molar-refractivity contribution in [1.29, 1.82) is 0 Å². The van der Waals surface area contributed by atoms with Gasteiger partial charge in [-0.25, -0.2) is 9.78 Å². The van der Waals surface area contributed by atoms with Gasteiger partial charge in [0.05, 0.1) is 29.8 Å². The van der Waals surface area contributed by atoms with Crippen molar-refractivity contribution in [2.45, 2.75) is 6.92 Å². The van der Waals surface area contributed by atoms with Crippen molar-refractivity contribution < 1.29 is 23.8 Å². The van der Waals surface area contributed by atoms with E-state index in [4.69, 9.17) is 25.8 Å². The maximum Gasteiger partial charge on any atom is 0.343 e. The lowest BCUT2D eigenvalue weighted by atomic mass is 10.2. The van der Waals surface area contributed by atoms with Crippen LogP contribution in [0.3, 0.4) is 0 Å². The molecule has 0 N–H and O–H groups in total. The fourth-order valence-corrected chi connectivity index (χ4v) is 4.21. The summed E-state index contributed by atoms with van der Waals surface area (Å²) in [5.41, 5.74) is 1.35. The molecular formula is C31H22ClN3O6. The fourth-order valence-electron chi connectivity index (χ4n) is 4.03. The Balaban J connectivity index is 1.52. The Morgan fingerprint density at radius 2 is 1.61 bits per heavy atom. The van der Waals surface area contributed by atoms with Crippen LogP contribution in [0.4, 0.5) is 0 Å². The third-order valence-electron chi connectivity index (χ3n) is 5.93. The van der Waals surface area contributed by atoms with Gasteiger partial charge in [-0.2, -0.15) is 9.78 Å². The average Bonchev–Trinajstić information content (AvgIpc) is 2.98. The molecule has 4 aromatic carbocycles. The molecule has 0 saturated carbocycles. The first-order valence-corrected chi connectivity index (χ1v) is 12.7. The second-order valence-electron chi connectivity index (χ2n) is 8.71. The zero-order chi connectivity index (χ0) is 28.9. The number of hydrogen-bond acceptors (Lipinski definition) is 8. The Labute approximate surface area is 239 Å². The number of carbonyl (C=O) groups excluding carboxylic acids is 2.